The molecule has 21 heavy (non-hydrogen) atoms. The lowest BCUT2D eigenvalue weighted by Gasteiger charge is -2.30. The second-order valence-electron chi connectivity index (χ2n) is 4.93. The van der Waals surface area contributed by atoms with Gasteiger partial charge in [0.15, 0.2) is 0 Å². The molecule has 0 bridgehead atoms. The summed E-state index contributed by atoms with van der Waals surface area (Å²) < 4.78 is 78.8. The maximum absolute atomic E-state index is 14.4. The molecule has 3 nitrogen and oxygen atoms in total. The fourth-order valence-electron chi connectivity index (χ4n) is 2.43. The Morgan fingerprint density at radius 3 is 2.29 bits per heavy atom. The van der Waals surface area contributed by atoms with Gasteiger partial charge in [0, 0.05) is 11.5 Å². The van der Waals surface area contributed by atoms with Crippen molar-refractivity contribution in [3.63, 3.8) is 0 Å². The van der Waals surface area contributed by atoms with Gasteiger partial charge in [0.05, 0.1) is 4.90 Å². The molecule has 0 amide bonds. The largest absolute Gasteiger partial charge is 0.352 e. The van der Waals surface area contributed by atoms with Crippen molar-refractivity contribution in [3.8, 4) is 0 Å². The van der Waals surface area contributed by atoms with Crippen LogP contribution in [0.5, 0.6) is 0 Å². The second-order valence-corrected chi connectivity index (χ2v) is 6.92. The molecule has 0 saturated carbocycles. The van der Waals surface area contributed by atoms with Crippen LogP contribution in [0.3, 0.4) is 0 Å². The van der Waals surface area contributed by atoms with Gasteiger partial charge in [0.1, 0.15) is 0 Å². The van der Waals surface area contributed by atoms with E-state index in [9.17, 15) is 26.0 Å². The van der Waals surface area contributed by atoms with Crippen LogP contribution in [0.2, 0.25) is 0 Å². The molecule has 1 fully saturated rings. The summed E-state index contributed by atoms with van der Waals surface area (Å²) in [6.07, 6.45) is -3.15. The molecule has 1 saturated heterocycles. The summed E-state index contributed by atoms with van der Waals surface area (Å²) in [5.74, 6) is -1.37. The molecular weight excluding hydrogens is 310 g/mol. The third kappa shape index (κ3) is 2.91. The highest BCUT2D eigenvalue weighted by Crippen LogP contribution is 2.42. The van der Waals surface area contributed by atoms with Crippen molar-refractivity contribution in [2.45, 2.75) is 29.4 Å². The van der Waals surface area contributed by atoms with Gasteiger partial charge in [0.2, 0.25) is 9.84 Å². The molecule has 1 N–H and O–H groups in total. The number of alkyl halides is 4. The van der Waals surface area contributed by atoms with Gasteiger partial charge in [-0.15, -0.1) is 0 Å². The van der Waals surface area contributed by atoms with E-state index >= 15 is 0 Å². The first kappa shape index (κ1) is 16.2. The predicted octanol–water partition coefficient (Wildman–Crippen LogP) is 2.99. The van der Waals surface area contributed by atoms with Crippen LogP contribution in [-0.2, 0) is 9.84 Å². The Labute approximate surface area is 120 Å². The predicted molar refractivity (Wildman–Crippen MR) is 69.1 cm³/mol. The summed E-state index contributed by atoms with van der Waals surface area (Å²) >= 11 is 0. The highest BCUT2D eigenvalue weighted by atomic mass is 32.2. The summed E-state index contributed by atoms with van der Waals surface area (Å²) in [5, 5.41) is -1.20. The van der Waals surface area contributed by atoms with Gasteiger partial charge in [-0.25, -0.2) is 17.2 Å². The Morgan fingerprint density at radius 2 is 1.71 bits per heavy atom. The maximum Gasteiger partial charge on any atom is 0.352 e. The number of rotatable bonds is 4. The zero-order valence-electron chi connectivity index (χ0n) is 11.0. The van der Waals surface area contributed by atoms with Gasteiger partial charge in [-0.2, -0.15) is 8.78 Å². The Bertz CT molecular complexity index is 598. The fraction of sp³-hybridized carbons (Fsp3) is 0.538. The molecular formula is C13H15F4NO2S. The first-order valence-electron chi connectivity index (χ1n) is 6.48. The molecule has 1 aromatic rings. The molecule has 1 aliphatic rings. The molecule has 1 aromatic carbocycles. The number of halogens is 4. The SMILES string of the molecule is O=S(=O)(c1ccccc1C(F)F)C(F)(F)C1CCNCC1. The van der Waals surface area contributed by atoms with E-state index in [4.69, 9.17) is 0 Å². The first-order chi connectivity index (χ1) is 9.78. The highest BCUT2D eigenvalue weighted by molar-refractivity contribution is 7.92. The summed E-state index contributed by atoms with van der Waals surface area (Å²) in [6, 6.07) is 4.03. The van der Waals surface area contributed by atoms with Crippen LogP contribution in [0.15, 0.2) is 29.2 Å². The van der Waals surface area contributed by atoms with E-state index in [0.29, 0.717) is 0 Å². The van der Waals surface area contributed by atoms with Gasteiger partial charge < -0.3 is 5.32 Å². The molecule has 1 aliphatic heterocycles. The zero-order valence-corrected chi connectivity index (χ0v) is 11.8. The van der Waals surface area contributed by atoms with Crippen LogP contribution in [0, 0.1) is 5.92 Å². The van der Waals surface area contributed by atoms with Crippen molar-refractivity contribution in [3.05, 3.63) is 29.8 Å². The normalized spacial score (nSPS) is 18.1. The van der Waals surface area contributed by atoms with Crippen LogP contribution in [0.25, 0.3) is 0 Å². The van der Waals surface area contributed by atoms with Crippen LogP contribution in [0.4, 0.5) is 17.6 Å². The van der Waals surface area contributed by atoms with Gasteiger partial charge in [-0.1, -0.05) is 18.2 Å². The number of benzene rings is 1. The number of piperidine rings is 1. The van der Waals surface area contributed by atoms with Gasteiger partial charge >= 0.3 is 5.25 Å². The highest BCUT2D eigenvalue weighted by Gasteiger charge is 2.53. The molecule has 0 aliphatic carbocycles. The van der Waals surface area contributed by atoms with E-state index in [1.807, 2.05) is 0 Å². The minimum atomic E-state index is -5.15. The number of hydrogen-bond donors (Lipinski definition) is 1. The summed E-state index contributed by atoms with van der Waals surface area (Å²) in [5.41, 5.74) is -0.883. The lowest BCUT2D eigenvalue weighted by Crippen LogP contribution is -2.43. The molecule has 0 aromatic heterocycles. The number of hydrogen-bond acceptors (Lipinski definition) is 3. The first-order valence-corrected chi connectivity index (χ1v) is 7.97. The molecule has 0 atom stereocenters. The Morgan fingerprint density at radius 1 is 1.14 bits per heavy atom. The Balaban J connectivity index is 2.46. The van der Waals surface area contributed by atoms with E-state index < -0.39 is 37.9 Å². The minimum Gasteiger partial charge on any atom is -0.317 e. The zero-order chi connectivity index (χ0) is 15.7. The molecule has 0 spiro atoms. The average molecular weight is 325 g/mol. The van der Waals surface area contributed by atoms with Crippen molar-refractivity contribution < 1.29 is 26.0 Å². The fourth-order valence-corrected chi connectivity index (χ4v) is 4.12. The molecule has 1 heterocycles. The number of sulfone groups is 1. The van der Waals surface area contributed by atoms with Crippen LogP contribution < -0.4 is 5.32 Å². The quantitative estimate of drug-likeness (QED) is 0.866. The average Bonchev–Trinajstić information content (AvgIpc) is 2.48. The third-order valence-corrected chi connectivity index (χ3v) is 5.62. The van der Waals surface area contributed by atoms with Gasteiger partial charge in [0.25, 0.3) is 6.43 Å². The van der Waals surface area contributed by atoms with Crippen LogP contribution in [-0.4, -0.2) is 26.8 Å². The monoisotopic (exact) mass is 325 g/mol. The summed E-state index contributed by atoms with van der Waals surface area (Å²) in [7, 11) is -5.15. The molecule has 118 valence electrons. The number of nitrogens with one attached hydrogen (secondary N) is 1. The van der Waals surface area contributed by atoms with E-state index in [1.165, 1.54) is 6.07 Å². The van der Waals surface area contributed by atoms with Crippen molar-refractivity contribution in [1.82, 2.24) is 5.32 Å². The molecule has 8 heteroatoms. The van der Waals surface area contributed by atoms with Crippen molar-refractivity contribution in [2.75, 3.05) is 13.1 Å². The topological polar surface area (TPSA) is 46.2 Å². The van der Waals surface area contributed by atoms with Crippen molar-refractivity contribution in [2.24, 2.45) is 5.92 Å². The lowest BCUT2D eigenvalue weighted by molar-refractivity contribution is 0.0119. The molecule has 2 rings (SSSR count). The summed E-state index contributed by atoms with van der Waals surface area (Å²) in [6.45, 7) is 0.568. The standard InChI is InChI=1S/C13H15F4NO2S/c14-12(15)10-3-1-2-4-11(10)21(19,20)13(16,17)9-5-7-18-8-6-9/h1-4,9,12,18H,5-8H2. The van der Waals surface area contributed by atoms with Crippen molar-refractivity contribution in [1.29, 1.82) is 0 Å². The molecule has 0 unspecified atom stereocenters. The second kappa shape index (κ2) is 5.92. The maximum atomic E-state index is 14.4. The van der Waals surface area contributed by atoms with Gasteiger partial charge in [-0.3, -0.25) is 0 Å². The van der Waals surface area contributed by atoms with Gasteiger partial charge in [-0.05, 0) is 32.0 Å². The van der Waals surface area contributed by atoms with E-state index in [-0.39, 0.29) is 25.9 Å². The lowest BCUT2D eigenvalue weighted by atomic mass is 9.99. The molecule has 0 radical (unpaired) electrons. The Hall–Kier alpha value is -1.15. The van der Waals surface area contributed by atoms with E-state index in [2.05, 4.69) is 5.32 Å². The minimum absolute atomic E-state index is 0.0108. The van der Waals surface area contributed by atoms with Crippen LogP contribution in [0.1, 0.15) is 24.8 Å². The van der Waals surface area contributed by atoms with Crippen LogP contribution >= 0.6 is 0 Å². The third-order valence-electron chi connectivity index (χ3n) is 3.62. The van der Waals surface area contributed by atoms with E-state index in [0.717, 1.165) is 18.2 Å². The van der Waals surface area contributed by atoms with Crippen molar-refractivity contribution >= 4 is 9.84 Å². The smallest absolute Gasteiger partial charge is 0.317 e. The summed E-state index contributed by atoms with van der Waals surface area (Å²) in [4.78, 5) is -0.983. The Kier molecular flexibility index (Phi) is 4.57. The van der Waals surface area contributed by atoms with E-state index in [1.54, 1.807) is 0 Å².